The predicted molar refractivity (Wildman–Crippen MR) is 119 cm³/mol. The molecular weight excluding hydrogens is 384 g/mol. The molecule has 0 N–H and O–H groups in total. The lowest BCUT2D eigenvalue weighted by Gasteiger charge is -2.03. The van der Waals surface area contributed by atoms with Crippen molar-refractivity contribution in [2.24, 2.45) is 0 Å². The fourth-order valence-corrected chi connectivity index (χ4v) is 2.07. The van der Waals surface area contributed by atoms with Crippen molar-refractivity contribution in [3.05, 3.63) is 61.8 Å². The zero-order chi connectivity index (χ0) is 22.1. The van der Waals surface area contributed by atoms with E-state index in [1.807, 2.05) is 24.3 Å². The van der Waals surface area contributed by atoms with Gasteiger partial charge in [-0.15, -0.1) is 13.2 Å². The Hall–Kier alpha value is -2.44. The van der Waals surface area contributed by atoms with Crippen LogP contribution >= 0.6 is 0 Å². The van der Waals surface area contributed by atoms with Crippen molar-refractivity contribution in [3.8, 4) is 0 Å². The second-order valence-corrected chi connectivity index (χ2v) is 6.20. The van der Waals surface area contributed by atoms with Gasteiger partial charge < -0.3 is 18.9 Å². The molecule has 0 aromatic heterocycles. The van der Waals surface area contributed by atoms with Gasteiger partial charge in [0.05, 0.1) is 26.4 Å². The monoisotopic (exact) mass is 420 g/mol. The quantitative estimate of drug-likeness (QED) is 0.125. The van der Waals surface area contributed by atoms with Crippen LogP contribution in [-0.4, -0.2) is 51.6 Å². The molecule has 0 aromatic carbocycles. The Morgan fingerprint density at radius 1 is 0.600 bits per heavy atom. The van der Waals surface area contributed by atoms with E-state index in [1.54, 1.807) is 0 Å². The first-order chi connectivity index (χ1) is 14.7. The zero-order valence-corrected chi connectivity index (χ0v) is 18.0. The summed E-state index contributed by atoms with van der Waals surface area (Å²) >= 11 is 0. The SMILES string of the molecule is C=CCCCC=CCOCCOC(=O)/C=C/C(=O)OCCOCC=CCCCC=C. The van der Waals surface area contributed by atoms with E-state index in [0.29, 0.717) is 26.4 Å². The molecule has 0 saturated carbocycles. The summed E-state index contributed by atoms with van der Waals surface area (Å²) in [6, 6.07) is 0. The molecule has 6 nitrogen and oxygen atoms in total. The molecule has 0 fully saturated rings. The number of carbonyl (C=O) groups excluding carboxylic acids is 2. The fourth-order valence-electron chi connectivity index (χ4n) is 2.07. The maximum absolute atomic E-state index is 11.5. The first kappa shape index (κ1) is 27.6. The van der Waals surface area contributed by atoms with Gasteiger partial charge in [-0.3, -0.25) is 0 Å². The van der Waals surface area contributed by atoms with E-state index in [2.05, 4.69) is 25.3 Å². The summed E-state index contributed by atoms with van der Waals surface area (Å²) in [5.41, 5.74) is 0. The van der Waals surface area contributed by atoms with Gasteiger partial charge in [-0.25, -0.2) is 9.59 Å². The van der Waals surface area contributed by atoms with Gasteiger partial charge in [-0.2, -0.15) is 0 Å². The third-order valence-corrected chi connectivity index (χ3v) is 3.62. The van der Waals surface area contributed by atoms with Gasteiger partial charge >= 0.3 is 11.9 Å². The lowest BCUT2D eigenvalue weighted by Crippen LogP contribution is -2.11. The van der Waals surface area contributed by atoms with Crippen LogP contribution in [0.5, 0.6) is 0 Å². The fraction of sp³-hybridized carbons (Fsp3) is 0.500. The molecule has 0 unspecified atom stereocenters. The van der Waals surface area contributed by atoms with Crippen molar-refractivity contribution in [3.63, 3.8) is 0 Å². The van der Waals surface area contributed by atoms with Gasteiger partial charge in [0, 0.05) is 12.2 Å². The molecular formula is C24H36O6. The molecule has 0 saturated heterocycles. The number of hydrogen-bond donors (Lipinski definition) is 0. The topological polar surface area (TPSA) is 71.1 Å². The molecule has 0 aliphatic heterocycles. The molecule has 0 atom stereocenters. The molecule has 0 aliphatic carbocycles. The lowest BCUT2D eigenvalue weighted by atomic mass is 10.2. The third-order valence-electron chi connectivity index (χ3n) is 3.62. The highest BCUT2D eigenvalue weighted by molar-refractivity contribution is 5.91. The molecule has 0 rings (SSSR count). The van der Waals surface area contributed by atoms with Crippen molar-refractivity contribution in [2.75, 3.05) is 39.6 Å². The minimum Gasteiger partial charge on any atom is -0.460 e. The number of unbranched alkanes of at least 4 members (excludes halogenated alkanes) is 4. The summed E-state index contributed by atoms with van der Waals surface area (Å²) in [5.74, 6) is -1.23. The van der Waals surface area contributed by atoms with Gasteiger partial charge in [-0.05, 0) is 38.5 Å². The minimum atomic E-state index is -0.617. The first-order valence-corrected chi connectivity index (χ1v) is 10.4. The Morgan fingerprint density at radius 3 is 1.43 bits per heavy atom. The Labute approximate surface area is 180 Å². The van der Waals surface area contributed by atoms with Crippen molar-refractivity contribution in [2.45, 2.75) is 38.5 Å². The van der Waals surface area contributed by atoms with Crippen molar-refractivity contribution in [1.29, 1.82) is 0 Å². The van der Waals surface area contributed by atoms with Crippen LogP contribution in [0.15, 0.2) is 61.8 Å². The molecule has 0 heterocycles. The summed E-state index contributed by atoms with van der Waals surface area (Å²) in [6.45, 7) is 9.12. The Bertz CT molecular complexity index is 500. The van der Waals surface area contributed by atoms with Crippen LogP contribution in [0.3, 0.4) is 0 Å². The smallest absolute Gasteiger partial charge is 0.331 e. The van der Waals surface area contributed by atoms with Crippen LogP contribution in [0.4, 0.5) is 0 Å². The lowest BCUT2D eigenvalue weighted by molar-refractivity contribution is -0.141. The Balaban J connectivity index is 3.55. The molecule has 0 aromatic rings. The molecule has 0 spiro atoms. The minimum absolute atomic E-state index is 0.122. The zero-order valence-electron chi connectivity index (χ0n) is 18.0. The highest BCUT2D eigenvalue weighted by Gasteiger charge is 2.01. The largest absolute Gasteiger partial charge is 0.460 e. The number of rotatable bonds is 20. The molecule has 0 aliphatic rings. The van der Waals surface area contributed by atoms with Gasteiger partial charge in [0.1, 0.15) is 13.2 Å². The van der Waals surface area contributed by atoms with E-state index in [1.165, 1.54) is 0 Å². The summed E-state index contributed by atoms with van der Waals surface area (Å²) in [4.78, 5) is 23.0. The van der Waals surface area contributed by atoms with E-state index >= 15 is 0 Å². The second kappa shape index (κ2) is 22.8. The van der Waals surface area contributed by atoms with Crippen LogP contribution in [0.1, 0.15) is 38.5 Å². The van der Waals surface area contributed by atoms with E-state index < -0.39 is 11.9 Å². The summed E-state index contributed by atoms with van der Waals surface area (Å²) in [5, 5.41) is 0. The Kier molecular flexibility index (Phi) is 21.0. The highest BCUT2D eigenvalue weighted by Crippen LogP contribution is 1.97. The van der Waals surface area contributed by atoms with Crippen LogP contribution in [-0.2, 0) is 28.5 Å². The molecule has 0 amide bonds. The summed E-state index contributed by atoms with van der Waals surface area (Å²) in [7, 11) is 0. The first-order valence-electron chi connectivity index (χ1n) is 10.4. The number of esters is 2. The maximum atomic E-state index is 11.5. The van der Waals surface area contributed by atoms with Gasteiger partial charge in [0.2, 0.25) is 0 Å². The predicted octanol–water partition coefficient (Wildman–Crippen LogP) is 4.49. The molecule has 0 radical (unpaired) electrons. The molecule has 168 valence electrons. The Morgan fingerprint density at radius 2 is 1.03 bits per heavy atom. The molecule has 6 heteroatoms. The van der Waals surface area contributed by atoms with Crippen molar-refractivity contribution < 1.29 is 28.5 Å². The number of hydrogen-bond acceptors (Lipinski definition) is 6. The van der Waals surface area contributed by atoms with E-state index in [-0.39, 0.29) is 13.2 Å². The van der Waals surface area contributed by atoms with Crippen LogP contribution in [0, 0.1) is 0 Å². The van der Waals surface area contributed by atoms with Crippen molar-refractivity contribution >= 4 is 11.9 Å². The van der Waals surface area contributed by atoms with E-state index in [9.17, 15) is 9.59 Å². The standard InChI is InChI=1S/C24H36O6/c1-3-5-7-9-11-13-17-27-19-21-29-23(25)15-16-24(26)30-22-20-28-18-14-12-10-8-6-4-2/h3-4,11-16H,1-2,5-10,17-22H2/b13-11?,14-12?,16-15+. The maximum Gasteiger partial charge on any atom is 0.331 e. The number of allylic oxidation sites excluding steroid dienone is 4. The summed E-state index contributed by atoms with van der Waals surface area (Å²) in [6.07, 6.45) is 20.0. The van der Waals surface area contributed by atoms with Crippen LogP contribution < -0.4 is 0 Å². The van der Waals surface area contributed by atoms with E-state index in [0.717, 1.165) is 50.7 Å². The van der Waals surface area contributed by atoms with Crippen molar-refractivity contribution in [1.82, 2.24) is 0 Å². The second-order valence-electron chi connectivity index (χ2n) is 6.20. The van der Waals surface area contributed by atoms with Gasteiger partial charge in [-0.1, -0.05) is 36.5 Å². The van der Waals surface area contributed by atoms with Crippen LogP contribution in [0.2, 0.25) is 0 Å². The van der Waals surface area contributed by atoms with Gasteiger partial charge in [0.25, 0.3) is 0 Å². The number of carbonyl (C=O) groups is 2. The number of ether oxygens (including phenoxy) is 4. The normalized spacial score (nSPS) is 11.3. The van der Waals surface area contributed by atoms with Gasteiger partial charge in [0.15, 0.2) is 0 Å². The summed E-state index contributed by atoms with van der Waals surface area (Å²) < 4.78 is 20.5. The van der Waals surface area contributed by atoms with E-state index in [4.69, 9.17) is 18.9 Å². The third kappa shape index (κ3) is 21.9. The highest BCUT2D eigenvalue weighted by atomic mass is 16.6. The van der Waals surface area contributed by atoms with Crippen LogP contribution in [0.25, 0.3) is 0 Å². The molecule has 0 bridgehead atoms. The average molecular weight is 421 g/mol. The average Bonchev–Trinajstić information content (AvgIpc) is 2.75. The molecule has 30 heavy (non-hydrogen) atoms.